The fraction of sp³-hybridized carbons (Fsp3) is 0.609. The number of fused-ring (bicyclic) bond motifs is 1. The molecule has 0 bridgehead atoms. The molecule has 1 atom stereocenters. The van der Waals surface area contributed by atoms with E-state index < -0.39 is 21.9 Å². The largest absolute Gasteiger partial charge is 0.591 e. The highest BCUT2D eigenvalue weighted by molar-refractivity contribution is 7.91. The van der Waals surface area contributed by atoms with Gasteiger partial charge >= 0.3 is 0 Å². The first-order valence-electron chi connectivity index (χ1n) is 10.8. The van der Waals surface area contributed by atoms with E-state index in [0.29, 0.717) is 30.0 Å². The van der Waals surface area contributed by atoms with Crippen LogP contribution >= 0.6 is 0 Å². The fourth-order valence-corrected chi connectivity index (χ4v) is 4.62. The predicted octanol–water partition coefficient (Wildman–Crippen LogP) is 4.21. The molecule has 1 unspecified atom stereocenters. The lowest BCUT2D eigenvalue weighted by atomic mass is 9.81. The van der Waals surface area contributed by atoms with Gasteiger partial charge in [-0.15, -0.1) is 0 Å². The van der Waals surface area contributed by atoms with E-state index in [1.807, 2.05) is 20.8 Å². The Morgan fingerprint density at radius 2 is 1.97 bits per heavy atom. The molecule has 8 heteroatoms. The first kappa shape index (κ1) is 22.4. The summed E-state index contributed by atoms with van der Waals surface area (Å²) >= 11 is -1.50. The molecular weight excluding hydrogens is 417 g/mol. The molecule has 0 amide bonds. The topological polar surface area (TPSA) is 79.5 Å². The summed E-state index contributed by atoms with van der Waals surface area (Å²) in [6, 6.07) is 2.72. The summed E-state index contributed by atoms with van der Waals surface area (Å²) in [5.74, 6) is 0.221. The number of rotatable bonds is 4. The maximum absolute atomic E-state index is 14.6. The molecule has 0 radical (unpaired) electrons. The fourth-order valence-electron chi connectivity index (χ4n) is 4.00. The first-order valence-corrected chi connectivity index (χ1v) is 11.9. The third kappa shape index (κ3) is 4.30. The van der Waals surface area contributed by atoms with Gasteiger partial charge in [-0.25, -0.2) is 9.37 Å². The minimum Gasteiger partial charge on any atom is -0.591 e. The van der Waals surface area contributed by atoms with E-state index in [2.05, 4.69) is 11.3 Å². The van der Waals surface area contributed by atoms with Gasteiger partial charge in [-0.3, -0.25) is 9.36 Å². The van der Waals surface area contributed by atoms with Crippen LogP contribution in [0.1, 0.15) is 77.7 Å². The molecule has 1 saturated carbocycles. The number of halogens is 1. The Bertz CT molecular complexity index is 1100. The molecule has 4 rings (SSSR count). The molecule has 1 aliphatic heterocycles. The van der Waals surface area contributed by atoms with E-state index in [0.717, 1.165) is 31.5 Å². The second-order valence-electron chi connectivity index (χ2n) is 9.90. The van der Waals surface area contributed by atoms with Gasteiger partial charge in [0.05, 0.1) is 16.6 Å². The summed E-state index contributed by atoms with van der Waals surface area (Å²) in [4.78, 5) is 18.5. The van der Waals surface area contributed by atoms with Gasteiger partial charge in [-0.1, -0.05) is 11.3 Å². The summed E-state index contributed by atoms with van der Waals surface area (Å²) in [7, 11) is 0. The Morgan fingerprint density at radius 3 is 2.55 bits per heavy atom. The SMILES string of the molecule is CC(=N[S+]([O-])C(C)(C)C)c1cc(F)cc2c(=O)n(C3CC3)c(C3(C)CCOCC3)nc12. The van der Waals surface area contributed by atoms with Gasteiger partial charge in [-0.05, 0) is 65.5 Å². The number of nitrogens with zero attached hydrogens (tertiary/aromatic N) is 3. The normalized spacial score (nSPS) is 20.8. The molecule has 2 aromatic rings. The molecule has 1 aliphatic carbocycles. The van der Waals surface area contributed by atoms with Crippen LogP contribution < -0.4 is 5.56 Å². The van der Waals surface area contributed by atoms with Crippen molar-refractivity contribution >= 4 is 28.0 Å². The van der Waals surface area contributed by atoms with Crippen molar-refractivity contribution in [2.45, 2.75) is 76.5 Å². The Morgan fingerprint density at radius 1 is 1.32 bits per heavy atom. The molecular formula is C23H30FN3O3S. The lowest BCUT2D eigenvalue weighted by molar-refractivity contribution is 0.0519. The molecule has 1 aromatic carbocycles. The van der Waals surface area contributed by atoms with Gasteiger partial charge < -0.3 is 9.29 Å². The molecule has 1 saturated heterocycles. The summed E-state index contributed by atoms with van der Waals surface area (Å²) in [5.41, 5.74) is 0.763. The van der Waals surface area contributed by atoms with Crippen molar-refractivity contribution in [3.8, 4) is 0 Å². The van der Waals surface area contributed by atoms with Crippen molar-refractivity contribution in [1.82, 2.24) is 9.55 Å². The highest BCUT2D eigenvalue weighted by Gasteiger charge is 2.39. The lowest BCUT2D eigenvalue weighted by Crippen LogP contribution is -2.38. The second kappa shape index (κ2) is 7.98. The number of ether oxygens (including phenoxy) is 1. The van der Waals surface area contributed by atoms with E-state index in [1.165, 1.54) is 12.1 Å². The Hall–Kier alpha value is -1.77. The van der Waals surface area contributed by atoms with Crippen molar-refractivity contribution in [2.75, 3.05) is 13.2 Å². The number of hydrogen-bond acceptors (Lipinski definition) is 5. The zero-order valence-corrected chi connectivity index (χ0v) is 19.6. The highest BCUT2D eigenvalue weighted by Crippen LogP contribution is 2.40. The van der Waals surface area contributed by atoms with Crippen molar-refractivity contribution in [1.29, 1.82) is 0 Å². The van der Waals surface area contributed by atoms with Crippen LogP contribution in [0.4, 0.5) is 4.39 Å². The molecule has 0 spiro atoms. The van der Waals surface area contributed by atoms with E-state index in [9.17, 15) is 13.7 Å². The standard InChI is InChI=1S/C23H30FN3O3S/c1-14(26-31(29)22(2,3)4)17-12-15(24)13-18-19(17)25-21(23(5)8-10-30-11-9-23)27(20(18)28)16-6-7-16/h12-13,16H,6-11H2,1-5H3. The van der Waals surface area contributed by atoms with Crippen LogP contribution in [0, 0.1) is 5.82 Å². The lowest BCUT2D eigenvalue weighted by Gasteiger charge is -2.35. The quantitative estimate of drug-likeness (QED) is 0.519. The number of benzene rings is 1. The third-order valence-electron chi connectivity index (χ3n) is 6.15. The molecule has 0 N–H and O–H groups in total. The van der Waals surface area contributed by atoms with Crippen molar-refractivity contribution in [3.63, 3.8) is 0 Å². The first-order chi connectivity index (χ1) is 14.5. The van der Waals surface area contributed by atoms with Crippen LogP contribution in [-0.2, 0) is 21.5 Å². The van der Waals surface area contributed by atoms with Crippen molar-refractivity contribution in [3.05, 3.63) is 39.7 Å². The maximum atomic E-state index is 14.6. The van der Waals surface area contributed by atoms with Gasteiger partial charge in [-0.2, -0.15) is 0 Å². The monoisotopic (exact) mass is 447 g/mol. The zero-order chi connectivity index (χ0) is 22.6. The van der Waals surface area contributed by atoms with Crippen LogP contribution in [0.2, 0.25) is 0 Å². The summed E-state index contributed by atoms with van der Waals surface area (Å²) in [6.07, 6.45) is 3.41. The van der Waals surface area contributed by atoms with Crippen LogP contribution in [0.5, 0.6) is 0 Å². The molecule has 168 valence electrons. The third-order valence-corrected chi connectivity index (χ3v) is 7.64. The summed E-state index contributed by atoms with van der Waals surface area (Å²) in [6.45, 7) is 10.6. The zero-order valence-electron chi connectivity index (χ0n) is 18.8. The molecule has 6 nitrogen and oxygen atoms in total. The average molecular weight is 448 g/mol. The highest BCUT2D eigenvalue weighted by atomic mass is 32.2. The van der Waals surface area contributed by atoms with Gasteiger partial charge in [0.1, 0.15) is 27.8 Å². The van der Waals surface area contributed by atoms with Crippen LogP contribution in [0.3, 0.4) is 0 Å². The summed E-state index contributed by atoms with van der Waals surface area (Å²) < 4.78 is 38.3. The molecule has 31 heavy (non-hydrogen) atoms. The van der Waals surface area contributed by atoms with Crippen molar-refractivity contribution in [2.24, 2.45) is 4.40 Å². The van der Waals surface area contributed by atoms with Crippen LogP contribution in [0.25, 0.3) is 10.9 Å². The minimum absolute atomic E-state index is 0.119. The minimum atomic E-state index is -1.50. The van der Waals surface area contributed by atoms with E-state index in [-0.39, 0.29) is 22.4 Å². The Labute approximate surface area is 185 Å². The van der Waals surface area contributed by atoms with E-state index in [1.54, 1.807) is 11.5 Å². The molecule has 1 aromatic heterocycles. The number of aromatic nitrogens is 2. The summed E-state index contributed by atoms with van der Waals surface area (Å²) in [5, 5.41) is 0.248. The van der Waals surface area contributed by atoms with E-state index >= 15 is 0 Å². The predicted molar refractivity (Wildman–Crippen MR) is 122 cm³/mol. The van der Waals surface area contributed by atoms with Crippen molar-refractivity contribution < 1.29 is 13.7 Å². The molecule has 2 fully saturated rings. The van der Waals surface area contributed by atoms with Gasteiger partial charge in [0.25, 0.3) is 5.56 Å². The second-order valence-corrected chi connectivity index (χ2v) is 11.8. The maximum Gasteiger partial charge on any atom is 0.261 e. The number of hydrogen-bond donors (Lipinski definition) is 0. The average Bonchev–Trinajstić information content (AvgIpc) is 3.52. The van der Waals surface area contributed by atoms with Crippen LogP contribution in [-0.4, -0.2) is 37.8 Å². The van der Waals surface area contributed by atoms with Gasteiger partial charge in [0.15, 0.2) is 0 Å². The van der Waals surface area contributed by atoms with E-state index in [4.69, 9.17) is 9.72 Å². The molecule has 2 aliphatic rings. The Kier molecular flexibility index (Phi) is 5.77. The Balaban J connectivity index is 1.97. The smallest absolute Gasteiger partial charge is 0.261 e. The van der Waals surface area contributed by atoms with Gasteiger partial charge in [0.2, 0.25) is 0 Å². The molecule has 2 heterocycles. The van der Waals surface area contributed by atoms with Crippen LogP contribution in [0.15, 0.2) is 21.3 Å². The van der Waals surface area contributed by atoms with Gasteiger partial charge in [0, 0.05) is 30.2 Å².